The van der Waals surface area contributed by atoms with Crippen molar-refractivity contribution in [3.05, 3.63) is 5.89 Å². The van der Waals surface area contributed by atoms with E-state index in [0.717, 1.165) is 38.8 Å². The fourth-order valence-electron chi connectivity index (χ4n) is 3.14. The van der Waals surface area contributed by atoms with Gasteiger partial charge in [-0.3, -0.25) is 4.79 Å². The van der Waals surface area contributed by atoms with Crippen molar-refractivity contribution < 1.29 is 14.4 Å². The number of carboxylic acid groups (broad SMARTS) is 1. The summed E-state index contributed by atoms with van der Waals surface area (Å²) in [4.78, 5) is 17.5. The Labute approximate surface area is 119 Å². The number of carboxylic acids is 1. The van der Waals surface area contributed by atoms with Crippen LogP contribution in [-0.4, -0.2) is 34.3 Å². The van der Waals surface area contributed by atoms with E-state index in [1.807, 2.05) is 18.7 Å². The zero-order valence-corrected chi connectivity index (χ0v) is 12.3. The molecule has 6 heteroatoms. The van der Waals surface area contributed by atoms with E-state index < -0.39 is 5.97 Å². The molecule has 0 amide bonds. The highest BCUT2D eigenvalue weighted by Gasteiger charge is 2.38. The van der Waals surface area contributed by atoms with Crippen molar-refractivity contribution in [2.45, 2.75) is 52.4 Å². The molecule has 20 heavy (non-hydrogen) atoms. The van der Waals surface area contributed by atoms with Gasteiger partial charge in [-0.05, 0) is 37.3 Å². The molecule has 1 aliphatic carbocycles. The van der Waals surface area contributed by atoms with E-state index in [-0.39, 0.29) is 11.8 Å². The molecule has 1 aliphatic rings. The molecule has 0 spiro atoms. The van der Waals surface area contributed by atoms with E-state index in [9.17, 15) is 4.79 Å². The SMILES string of the molecule is CCN(CC)c1noc(CC2(CC(=O)O)CCCC2)n1. The van der Waals surface area contributed by atoms with Gasteiger partial charge in [0, 0.05) is 19.5 Å². The van der Waals surface area contributed by atoms with E-state index in [1.54, 1.807) is 0 Å². The predicted molar refractivity (Wildman–Crippen MR) is 74.7 cm³/mol. The molecule has 0 aromatic carbocycles. The number of aromatic nitrogens is 2. The summed E-state index contributed by atoms with van der Waals surface area (Å²) < 4.78 is 5.32. The maximum atomic E-state index is 11.1. The normalized spacial score (nSPS) is 17.3. The summed E-state index contributed by atoms with van der Waals surface area (Å²) in [5, 5.41) is 13.1. The number of anilines is 1. The predicted octanol–water partition coefficient (Wildman–Crippen LogP) is 2.49. The standard InChI is InChI=1S/C14H23N3O3/c1-3-17(4-2)13-15-11(20-16-13)9-14(10-12(18)19)7-5-6-8-14/h3-10H2,1-2H3,(H,18,19). The van der Waals surface area contributed by atoms with E-state index in [1.165, 1.54) is 0 Å². The molecule has 1 saturated carbocycles. The lowest BCUT2D eigenvalue weighted by Gasteiger charge is -2.24. The lowest BCUT2D eigenvalue weighted by atomic mass is 9.79. The number of carbonyl (C=O) groups is 1. The van der Waals surface area contributed by atoms with Gasteiger partial charge in [-0.25, -0.2) is 0 Å². The minimum absolute atomic E-state index is 0.190. The first-order valence-electron chi connectivity index (χ1n) is 7.38. The van der Waals surface area contributed by atoms with E-state index >= 15 is 0 Å². The smallest absolute Gasteiger partial charge is 0.303 e. The summed E-state index contributed by atoms with van der Waals surface area (Å²) in [7, 11) is 0. The molecule has 0 saturated heterocycles. The minimum Gasteiger partial charge on any atom is -0.481 e. The molecule has 0 radical (unpaired) electrons. The number of hydrogen-bond acceptors (Lipinski definition) is 5. The number of nitrogens with zero attached hydrogens (tertiary/aromatic N) is 3. The van der Waals surface area contributed by atoms with Gasteiger partial charge in [-0.15, -0.1) is 0 Å². The molecule has 112 valence electrons. The molecule has 1 aromatic rings. The Balaban J connectivity index is 2.09. The summed E-state index contributed by atoms with van der Waals surface area (Å²) in [6.07, 6.45) is 4.81. The van der Waals surface area contributed by atoms with Crippen LogP contribution in [0.15, 0.2) is 4.52 Å². The van der Waals surface area contributed by atoms with Crippen LogP contribution in [0.5, 0.6) is 0 Å². The van der Waals surface area contributed by atoms with Gasteiger partial charge in [0.2, 0.25) is 5.89 Å². The third kappa shape index (κ3) is 3.29. The van der Waals surface area contributed by atoms with Crippen LogP contribution in [0.2, 0.25) is 0 Å². The molecular formula is C14H23N3O3. The van der Waals surface area contributed by atoms with Crippen molar-refractivity contribution in [2.75, 3.05) is 18.0 Å². The highest BCUT2D eigenvalue weighted by atomic mass is 16.5. The maximum Gasteiger partial charge on any atom is 0.303 e. The van der Waals surface area contributed by atoms with Gasteiger partial charge in [-0.1, -0.05) is 12.8 Å². The monoisotopic (exact) mass is 281 g/mol. The first-order chi connectivity index (χ1) is 9.58. The van der Waals surface area contributed by atoms with Gasteiger partial charge in [0.25, 0.3) is 5.95 Å². The Bertz CT molecular complexity index is 448. The van der Waals surface area contributed by atoms with Crippen LogP contribution in [0.1, 0.15) is 51.8 Å². The van der Waals surface area contributed by atoms with E-state index in [4.69, 9.17) is 9.63 Å². The van der Waals surface area contributed by atoms with Crippen LogP contribution >= 0.6 is 0 Å². The Hall–Kier alpha value is -1.59. The number of aliphatic carboxylic acids is 1. The van der Waals surface area contributed by atoms with Gasteiger partial charge < -0.3 is 14.5 Å². The highest BCUT2D eigenvalue weighted by Crippen LogP contribution is 2.43. The second-order valence-electron chi connectivity index (χ2n) is 5.61. The fraction of sp³-hybridized carbons (Fsp3) is 0.786. The summed E-state index contributed by atoms with van der Waals surface area (Å²) in [5.41, 5.74) is -0.196. The topological polar surface area (TPSA) is 79.5 Å². The van der Waals surface area contributed by atoms with Crippen molar-refractivity contribution in [1.82, 2.24) is 10.1 Å². The van der Waals surface area contributed by atoms with Gasteiger partial charge in [-0.2, -0.15) is 4.98 Å². The average molecular weight is 281 g/mol. The summed E-state index contributed by atoms with van der Waals surface area (Å²) in [5.74, 6) is 0.430. The van der Waals surface area contributed by atoms with Crippen LogP contribution in [0.25, 0.3) is 0 Å². The van der Waals surface area contributed by atoms with E-state index in [2.05, 4.69) is 10.1 Å². The molecule has 1 heterocycles. The Morgan fingerprint density at radius 3 is 2.55 bits per heavy atom. The van der Waals surface area contributed by atoms with Crippen molar-refractivity contribution in [3.63, 3.8) is 0 Å². The van der Waals surface area contributed by atoms with Crippen LogP contribution < -0.4 is 4.90 Å². The van der Waals surface area contributed by atoms with Crippen molar-refractivity contribution in [2.24, 2.45) is 5.41 Å². The fourth-order valence-corrected chi connectivity index (χ4v) is 3.14. The van der Waals surface area contributed by atoms with Crippen LogP contribution in [0, 0.1) is 5.41 Å². The van der Waals surface area contributed by atoms with E-state index in [0.29, 0.717) is 18.3 Å². The van der Waals surface area contributed by atoms with Crippen LogP contribution in [-0.2, 0) is 11.2 Å². The maximum absolute atomic E-state index is 11.1. The largest absolute Gasteiger partial charge is 0.481 e. The minimum atomic E-state index is -0.740. The third-order valence-corrected chi connectivity index (χ3v) is 4.22. The van der Waals surface area contributed by atoms with Crippen LogP contribution in [0.3, 0.4) is 0 Å². The summed E-state index contributed by atoms with van der Waals surface area (Å²) >= 11 is 0. The molecule has 2 rings (SSSR count). The third-order valence-electron chi connectivity index (χ3n) is 4.22. The van der Waals surface area contributed by atoms with Gasteiger partial charge in [0.1, 0.15) is 0 Å². The first-order valence-corrected chi connectivity index (χ1v) is 7.38. The lowest BCUT2D eigenvalue weighted by molar-refractivity contribution is -0.139. The van der Waals surface area contributed by atoms with Gasteiger partial charge in [0.15, 0.2) is 0 Å². The summed E-state index contributed by atoms with van der Waals surface area (Å²) in [6, 6.07) is 0. The Morgan fingerprint density at radius 2 is 2.00 bits per heavy atom. The number of rotatable bonds is 7. The molecule has 6 nitrogen and oxygen atoms in total. The molecule has 0 atom stereocenters. The molecular weight excluding hydrogens is 258 g/mol. The molecule has 1 N–H and O–H groups in total. The molecule has 0 unspecified atom stereocenters. The second kappa shape index (κ2) is 6.24. The van der Waals surface area contributed by atoms with Gasteiger partial charge >= 0.3 is 5.97 Å². The first kappa shape index (κ1) is 14.8. The zero-order valence-electron chi connectivity index (χ0n) is 12.3. The van der Waals surface area contributed by atoms with Crippen LogP contribution in [0.4, 0.5) is 5.95 Å². The lowest BCUT2D eigenvalue weighted by Crippen LogP contribution is -2.25. The average Bonchev–Trinajstić information content (AvgIpc) is 3.01. The second-order valence-corrected chi connectivity index (χ2v) is 5.61. The quantitative estimate of drug-likeness (QED) is 0.827. The number of hydrogen-bond donors (Lipinski definition) is 1. The van der Waals surface area contributed by atoms with Crippen molar-refractivity contribution in [1.29, 1.82) is 0 Å². The molecule has 1 aromatic heterocycles. The van der Waals surface area contributed by atoms with Crippen molar-refractivity contribution >= 4 is 11.9 Å². The Morgan fingerprint density at radius 1 is 1.35 bits per heavy atom. The molecule has 0 aliphatic heterocycles. The zero-order chi connectivity index (χ0) is 14.6. The molecule has 1 fully saturated rings. The Kier molecular flexibility index (Phi) is 4.62. The summed E-state index contributed by atoms with van der Waals surface area (Å²) in [6.45, 7) is 5.75. The molecule has 0 bridgehead atoms. The van der Waals surface area contributed by atoms with Crippen molar-refractivity contribution in [3.8, 4) is 0 Å². The highest BCUT2D eigenvalue weighted by molar-refractivity contribution is 5.67. The van der Waals surface area contributed by atoms with Gasteiger partial charge in [0.05, 0.1) is 6.42 Å².